The molecular formula is C14H18N2O5. The van der Waals surface area contributed by atoms with Crippen LogP contribution >= 0.6 is 0 Å². The molecule has 7 heteroatoms. The molecule has 1 atom stereocenters. The van der Waals surface area contributed by atoms with E-state index in [1.54, 1.807) is 6.92 Å². The van der Waals surface area contributed by atoms with Crippen molar-refractivity contribution in [3.05, 3.63) is 33.9 Å². The van der Waals surface area contributed by atoms with Crippen LogP contribution in [0.15, 0.2) is 18.2 Å². The Bertz CT molecular complexity index is 546. The Hall–Kier alpha value is -2.15. The van der Waals surface area contributed by atoms with Gasteiger partial charge in [-0.1, -0.05) is 6.07 Å². The summed E-state index contributed by atoms with van der Waals surface area (Å²) >= 11 is 0. The van der Waals surface area contributed by atoms with Crippen molar-refractivity contribution in [2.45, 2.75) is 25.9 Å². The maximum Gasteiger partial charge on any atom is 0.311 e. The Morgan fingerprint density at radius 2 is 2.33 bits per heavy atom. The zero-order valence-electron chi connectivity index (χ0n) is 11.8. The highest BCUT2D eigenvalue weighted by molar-refractivity contribution is 5.98. The lowest BCUT2D eigenvalue weighted by Crippen LogP contribution is -2.42. The number of benzene rings is 1. The van der Waals surface area contributed by atoms with Gasteiger partial charge in [0.15, 0.2) is 0 Å². The largest absolute Gasteiger partial charge is 0.487 e. The van der Waals surface area contributed by atoms with Crippen LogP contribution in [0.1, 0.15) is 30.1 Å². The summed E-state index contributed by atoms with van der Waals surface area (Å²) in [7, 11) is 0. The van der Waals surface area contributed by atoms with Crippen molar-refractivity contribution in [3.63, 3.8) is 0 Å². The van der Waals surface area contributed by atoms with Crippen molar-refractivity contribution in [1.29, 1.82) is 0 Å². The number of carbonyl (C=O) groups excluding carboxylic acids is 1. The van der Waals surface area contributed by atoms with E-state index >= 15 is 0 Å². The highest BCUT2D eigenvalue weighted by atomic mass is 16.6. The van der Waals surface area contributed by atoms with Crippen LogP contribution in [-0.2, 0) is 0 Å². The monoisotopic (exact) mass is 294 g/mol. The van der Waals surface area contributed by atoms with Crippen molar-refractivity contribution in [1.82, 2.24) is 4.90 Å². The zero-order chi connectivity index (χ0) is 15.4. The quantitative estimate of drug-likeness (QED) is 0.672. The molecular weight excluding hydrogens is 276 g/mol. The third-order valence-electron chi connectivity index (χ3n) is 3.39. The molecule has 1 fully saturated rings. The van der Waals surface area contributed by atoms with E-state index in [1.165, 1.54) is 23.1 Å². The molecule has 7 nitrogen and oxygen atoms in total. The summed E-state index contributed by atoms with van der Waals surface area (Å²) in [5.41, 5.74) is -0.0552. The molecule has 1 amide bonds. The van der Waals surface area contributed by atoms with Gasteiger partial charge in [-0.15, -0.1) is 0 Å². The lowest BCUT2D eigenvalue weighted by Gasteiger charge is -2.30. The summed E-state index contributed by atoms with van der Waals surface area (Å²) < 4.78 is 5.32. The first-order valence-corrected chi connectivity index (χ1v) is 6.92. The Labute approximate surface area is 122 Å². The van der Waals surface area contributed by atoms with Gasteiger partial charge in [-0.3, -0.25) is 14.9 Å². The van der Waals surface area contributed by atoms with Gasteiger partial charge in [0, 0.05) is 19.2 Å². The third-order valence-corrected chi connectivity index (χ3v) is 3.39. The van der Waals surface area contributed by atoms with E-state index in [1.807, 2.05) is 0 Å². The minimum absolute atomic E-state index is 0.00457. The second-order valence-electron chi connectivity index (χ2n) is 4.89. The third kappa shape index (κ3) is 3.30. The van der Waals surface area contributed by atoms with Crippen LogP contribution in [0.4, 0.5) is 5.69 Å². The Morgan fingerprint density at radius 3 is 2.95 bits per heavy atom. The standard InChI is InChI=1S/C14H18N2O5/c1-2-21-13-11(6-3-7-12(13)16(19)20)14(18)15-8-4-5-10(17)9-15/h3,6-7,10,17H,2,4-5,8-9H2,1H3/t10-/m0/s1. The Balaban J connectivity index is 2.35. The molecule has 1 aliphatic heterocycles. The number of piperidine rings is 1. The second-order valence-corrected chi connectivity index (χ2v) is 4.89. The minimum Gasteiger partial charge on any atom is -0.487 e. The first kappa shape index (κ1) is 15.2. The van der Waals surface area contributed by atoms with Crippen LogP contribution < -0.4 is 4.74 Å². The van der Waals surface area contributed by atoms with Gasteiger partial charge in [-0.2, -0.15) is 0 Å². The van der Waals surface area contributed by atoms with E-state index in [4.69, 9.17) is 4.74 Å². The molecule has 0 aliphatic carbocycles. The van der Waals surface area contributed by atoms with Gasteiger partial charge in [0.05, 0.1) is 23.2 Å². The SMILES string of the molecule is CCOc1c(C(=O)N2CCC[C@H](O)C2)cccc1[N+](=O)[O-]. The van der Waals surface area contributed by atoms with Crippen LogP contribution in [-0.4, -0.2) is 46.6 Å². The molecule has 1 saturated heterocycles. The average molecular weight is 294 g/mol. The fourth-order valence-corrected chi connectivity index (χ4v) is 2.44. The number of nitro benzene ring substituents is 1. The topological polar surface area (TPSA) is 92.9 Å². The summed E-state index contributed by atoms with van der Waals surface area (Å²) in [5, 5.41) is 20.7. The first-order valence-electron chi connectivity index (χ1n) is 6.92. The van der Waals surface area contributed by atoms with Crippen molar-refractivity contribution in [2.75, 3.05) is 19.7 Å². The maximum atomic E-state index is 12.5. The lowest BCUT2D eigenvalue weighted by atomic mass is 10.1. The van der Waals surface area contributed by atoms with E-state index in [2.05, 4.69) is 0 Å². The molecule has 1 heterocycles. The number of nitro groups is 1. The normalized spacial score (nSPS) is 18.4. The van der Waals surface area contributed by atoms with Gasteiger partial charge >= 0.3 is 5.69 Å². The summed E-state index contributed by atoms with van der Waals surface area (Å²) in [6.45, 7) is 2.71. The molecule has 0 aromatic heterocycles. The minimum atomic E-state index is -0.563. The van der Waals surface area contributed by atoms with E-state index in [-0.39, 0.29) is 36.1 Å². The summed E-state index contributed by atoms with van der Waals surface area (Å²) in [4.78, 5) is 24.5. The molecule has 21 heavy (non-hydrogen) atoms. The number of ether oxygens (including phenoxy) is 1. The number of hydrogen-bond donors (Lipinski definition) is 1. The van der Waals surface area contributed by atoms with Gasteiger partial charge in [0.25, 0.3) is 5.91 Å². The van der Waals surface area contributed by atoms with Gasteiger partial charge in [-0.05, 0) is 25.8 Å². The number of nitrogens with zero attached hydrogens (tertiary/aromatic N) is 2. The zero-order valence-corrected chi connectivity index (χ0v) is 11.8. The Morgan fingerprint density at radius 1 is 1.57 bits per heavy atom. The lowest BCUT2D eigenvalue weighted by molar-refractivity contribution is -0.385. The van der Waals surface area contributed by atoms with E-state index in [0.29, 0.717) is 19.4 Å². The highest BCUT2D eigenvalue weighted by Gasteiger charge is 2.28. The highest BCUT2D eigenvalue weighted by Crippen LogP contribution is 2.32. The number of carbonyl (C=O) groups is 1. The summed E-state index contributed by atoms with van der Waals surface area (Å²) in [6.07, 6.45) is 0.833. The number of β-amino-alcohol motifs (C(OH)–C–C–N with tert-alkyl or cyclic N) is 1. The molecule has 0 unspecified atom stereocenters. The number of aliphatic hydroxyl groups is 1. The average Bonchev–Trinajstić information content (AvgIpc) is 2.47. The number of amides is 1. The van der Waals surface area contributed by atoms with Crippen molar-refractivity contribution < 1.29 is 19.6 Å². The molecule has 1 aromatic rings. The summed E-state index contributed by atoms with van der Waals surface area (Å²) in [6, 6.07) is 4.29. The molecule has 1 aromatic carbocycles. The van der Waals surface area contributed by atoms with Crippen molar-refractivity contribution >= 4 is 11.6 Å². The van der Waals surface area contributed by atoms with E-state index < -0.39 is 11.0 Å². The number of hydrogen-bond acceptors (Lipinski definition) is 5. The van der Waals surface area contributed by atoms with Crippen LogP contribution in [0.3, 0.4) is 0 Å². The molecule has 0 bridgehead atoms. The number of rotatable bonds is 4. The predicted octanol–water partition coefficient (Wildman–Crippen LogP) is 1.59. The summed E-state index contributed by atoms with van der Waals surface area (Å²) in [5.74, 6) is -0.351. The molecule has 1 N–H and O–H groups in total. The predicted molar refractivity (Wildman–Crippen MR) is 75.4 cm³/mol. The molecule has 0 saturated carbocycles. The maximum absolute atomic E-state index is 12.5. The van der Waals surface area contributed by atoms with Crippen LogP contribution in [0.5, 0.6) is 5.75 Å². The van der Waals surface area contributed by atoms with Crippen molar-refractivity contribution in [3.8, 4) is 5.75 Å². The number of para-hydroxylation sites is 1. The fraction of sp³-hybridized carbons (Fsp3) is 0.500. The van der Waals surface area contributed by atoms with E-state index in [9.17, 15) is 20.0 Å². The van der Waals surface area contributed by atoms with Gasteiger partial charge < -0.3 is 14.7 Å². The van der Waals surface area contributed by atoms with Crippen LogP contribution in [0, 0.1) is 10.1 Å². The molecule has 0 spiro atoms. The Kier molecular flexibility index (Phi) is 4.74. The van der Waals surface area contributed by atoms with Crippen molar-refractivity contribution in [2.24, 2.45) is 0 Å². The number of aliphatic hydroxyl groups excluding tert-OH is 1. The van der Waals surface area contributed by atoms with Gasteiger partial charge in [0.1, 0.15) is 0 Å². The van der Waals surface area contributed by atoms with Gasteiger partial charge in [-0.25, -0.2) is 0 Å². The molecule has 0 radical (unpaired) electrons. The second kappa shape index (κ2) is 6.53. The van der Waals surface area contributed by atoms with Gasteiger partial charge in [0.2, 0.25) is 5.75 Å². The van der Waals surface area contributed by atoms with Crippen LogP contribution in [0.2, 0.25) is 0 Å². The smallest absolute Gasteiger partial charge is 0.311 e. The fourth-order valence-electron chi connectivity index (χ4n) is 2.44. The molecule has 2 rings (SSSR count). The molecule has 1 aliphatic rings. The van der Waals surface area contributed by atoms with E-state index in [0.717, 1.165) is 0 Å². The van der Waals surface area contributed by atoms with Crippen LogP contribution in [0.25, 0.3) is 0 Å². The molecule has 114 valence electrons. The number of likely N-dealkylation sites (tertiary alicyclic amines) is 1. The first-order chi connectivity index (χ1) is 10.0.